The van der Waals surface area contributed by atoms with Crippen molar-refractivity contribution in [3.05, 3.63) is 40.6 Å². The molecule has 1 heterocycles. The van der Waals surface area contributed by atoms with Gasteiger partial charge in [-0.3, -0.25) is 4.79 Å². The van der Waals surface area contributed by atoms with Crippen LogP contribution in [0.3, 0.4) is 0 Å². The Kier molecular flexibility index (Phi) is 6.06. The molecule has 0 unspecified atom stereocenters. The highest BCUT2D eigenvalue weighted by Gasteiger charge is 2.14. The van der Waals surface area contributed by atoms with Crippen molar-refractivity contribution < 1.29 is 19.0 Å². The Labute approximate surface area is 163 Å². The topological polar surface area (TPSA) is 75.4 Å². The lowest BCUT2D eigenvalue weighted by Crippen LogP contribution is -2.19. The van der Waals surface area contributed by atoms with Crippen LogP contribution >= 0.6 is 0 Å². The molecule has 0 aliphatic heterocycles. The second kappa shape index (κ2) is 8.50. The summed E-state index contributed by atoms with van der Waals surface area (Å²) >= 11 is 0. The summed E-state index contributed by atoms with van der Waals surface area (Å²) in [6.07, 6.45) is 0. The first-order valence-corrected chi connectivity index (χ1v) is 9.14. The zero-order valence-corrected chi connectivity index (χ0v) is 16.7. The van der Waals surface area contributed by atoms with Crippen LogP contribution in [0.15, 0.2) is 39.5 Å². The van der Waals surface area contributed by atoms with Crippen LogP contribution < -0.4 is 14.9 Å². The van der Waals surface area contributed by atoms with Gasteiger partial charge in [0.15, 0.2) is 0 Å². The van der Waals surface area contributed by atoms with E-state index in [0.29, 0.717) is 35.7 Å². The third kappa shape index (κ3) is 4.55. The number of ether oxygens (including phenoxy) is 2. The van der Waals surface area contributed by atoms with Crippen molar-refractivity contribution in [3.8, 4) is 17.2 Å². The van der Waals surface area contributed by atoms with E-state index in [0.717, 1.165) is 13.1 Å². The van der Waals surface area contributed by atoms with E-state index in [1.807, 2.05) is 38.0 Å². The van der Waals surface area contributed by atoms with Gasteiger partial charge < -0.3 is 28.8 Å². The summed E-state index contributed by atoms with van der Waals surface area (Å²) in [5.74, 6) is 0.923. The van der Waals surface area contributed by atoms with Crippen LogP contribution in [0.1, 0.15) is 0 Å². The Morgan fingerprint density at radius 1 is 0.893 bits per heavy atom. The van der Waals surface area contributed by atoms with Crippen molar-refractivity contribution >= 4 is 21.9 Å². The Bertz CT molecular complexity index is 1030. The van der Waals surface area contributed by atoms with Gasteiger partial charge >= 0.3 is 0 Å². The summed E-state index contributed by atoms with van der Waals surface area (Å²) in [5, 5.41) is 10.9. The van der Waals surface area contributed by atoms with Crippen molar-refractivity contribution in [2.45, 2.75) is 0 Å². The Balaban J connectivity index is 1.95. The van der Waals surface area contributed by atoms with Crippen molar-refractivity contribution in [2.24, 2.45) is 0 Å². The Morgan fingerprint density at radius 3 is 2.14 bits per heavy atom. The molecule has 1 N–H and O–H groups in total. The molecule has 7 nitrogen and oxygen atoms in total. The molecule has 28 heavy (non-hydrogen) atoms. The van der Waals surface area contributed by atoms with E-state index >= 15 is 0 Å². The van der Waals surface area contributed by atoms with E-state index in [1.54, 1.807) is 24.3 Å². The molecule has 2 aromatic carbocycles. The summed E-state index contributed by atoms with van der Waals surface area (Å²) < 4.78 is 17.3. The average molecular weight is 386 g/mol. The molecule has 0 aliphatic carbocycles. The van der Waals surface area contributed by atoms with Gasteiger partial charge in [0.2, 0.25) is 5.43 Å². The smallest absolute Gasteiger partial charge is 0.204 e. The highest BCUT2D eigenvalue weighted by atomic mass is 16.5. The van der Waals surface area contributed by atoms with Gasteiger partial charge in [0, 0.05) is 31.3 Å². The number of hydrogen-bond acceptors (Lipinski definition) is 7. The molecule has 0 atom stereocenters. The number of rotatable bonds is 8. The van der Waals surface area contributed by atoms with Gasteiger partial charge in [-0.15, -0.1) is 0 Å². The molecule has 0 radical (unpaired) electrons. The first-order valence-electron chi connectivity index (χ1n) is 9.14. The summed E-state index contributed by atoms with van der Waals surface area (Å²) in [5.41, 5.74) is 0.404. The normalized spacial score (nSPS) is 11.6. The number of benzene rings is 2. The average Bonchev–Trinajstić information content (AvgIpc) is 2.60. The van der Waals surface area contributed by atoms with Crippen LogP contribution in [-0.2, 0) is 0 Å². The van der Waals surface area contributed by atoms with Crippen LogP contribution in [0, 0.1) is 0 Å². The molecule has 0 spiro atoms. The highest BCUT2D eigenvalue weighted by molar-refractivity contribution is 5.94. The maximum atomic E-state index is 12.8. The zero-order chi connectivity index (χ0) is 20.3. The molecular formula is C21H26N2O5. The minimum Gasteiger partial charge on any atom is -0.507 e. The van der Waals surface area contributed by atoms with Crippen molar-refractivity contribution in [1.29, 1.82) is 0 Å². The van der Waals surface area contributed by atoms with E-state index in [2.05, 4.69) is 0 Å². The SMILES string of the molecule is CN(C)CCOc1ccc2c(=O)c3c(O)cc(OCCN(C)C)cc3oc2c1. The predicted molar refractivity (Wildman–Crippen MR) is 110 cm³/mol. The van der Waals surface area contributed by atoms with Crippen LogP contribution in [-0.4, -0.2) is 69.4 Å². The number of likely N-dealkylation sites (N-methyl/N-ethyl adjacent to an activating group) is 2. The Morgan fingerprint density at radius 2 is 1.50 bits per heavy atom. The molecule has 0 saturated heterocycles. The van der Waals surface area contributed by atoms with E-state index in [1.165, 1.54) is 6.07 Å². The standard InChI is InChI=1S/C21H26N2O5/c1-22(2)7-9-26-14-5-6-16-18(12-14)28-19-13-15(27-10-8-23(3)4)11-17(24)20(19)21(16)25/h5-6,11-13,24H,7-10H2,1-4H3. The second-order valence-corrected chi connectivity index (χ2v) is 7.21. The molecule has 3 rings (SSSR count). The summed E-state index contributed by atoms with van der Waals surface area (Å²) in [6.45, 7) is 2.50. The van der Waals surface area contributed by atoms with Crippen molar-refractivity contribution in [3.63, 3.8) is 0 Å². The van der Waals surface area contributed by atoms with Gasteiger partial charge in [-0.1, -0.05) is 0 Å². The highest BCUT2D eigenvalue weighted by Crippen LogP contribution is 2.31. The molecule has 1 aromatic heterocycles. The van der Waals surface area contributed by atoms with Crippen LogP contribution in [0.4, 0.5) is 0 Å². The molecule has 3 aromatic rings. The van der Waals surface area contributed by atoms with Crippen LogP contribution in [0.25, 0.3) is 21.9 Å². The van der Waals surface area contributed by atoms with Crippen LogP contribution in [0.2, 0.25) is 0 Å². The molecular weight excluding hydrogens is 360 g/mol. The maximum Gasteiger partial charge on any atom is 0.204 e. The lowest BCUT2D eigenvalue weighted by atomic mass is 10.1. The summed E-state index contributed by atoms with van der Waals surface area (Å²) in [7, 11) is 7.84. The molecule has 0 saturated carbocycles. The predicted octanol–water partition coefficient (Wildman–Crippen LogP) is 2.53. The van der Waals surface area contributed by atoms with Gasteiger partial charge in [0.25, 0.3) is 0 Å². The lowest BCUT2D eigenvalue weighted by molar-refractivity contribution is 0.260. The van der Waals surface area contributed by atoms with Crippen molar-refractivity contribution in [1.82, 2.24) is 9.80 Å². The number of fused-ring (bicyclic) bond motifs is 2. The zero-order valence-electron chi connectivity index (χ0n) is 16.7. The fraction of sp³-hybridized carbons (Fsp3) is 0.381. The number of aromatic hydroxyl groups is 1. The third-order valence-electron chi connectivity index (χ3n) is 4.31. The molecule has 0 bridgehead atoms. The largest absolute Gasteiger partial charge is 0.507 e. The quantitative estimate of drug-likeness (QED) is 0.596. The van der Waals surface area contributed by atoms with Gasteiger partial charge in [-0.25, -0.2) is 0 Å². The van der Waals surface area contributed by atoms with E-state index in [9.17, 15) is 9.90 Å². The molecule has 0 amide bonds. The van der Waals surface area contributed by atoms with Gasteiger partial charge in [-0.05, 0) is 40.3 Å². The fourth-order valence-electron chi connectivity index (χ4n) is 2.78. The first kappa shape index (κ1) is 20.0. The number of phenolic OH excluding ortho intramolecular Hbond substituents is 1. The Hall–Kier alpha value is -2.77. The van der Waals surface area contributed by atoms with Gasteiger partial charge in [0.05, 0.1) is 5.39 Å². The fourth-order valence-corrected chi connectivity index (χ4v) is 2.78. The minimum absolute atomic E-state index is 0.147. The van der Waals surface area contributed by atoms with E-state index in [-0.39, 0.29) is 22.1 Å². The number of hydrogen-bond donors (Lipinski definition) is 1. The number of nitrogens with zero attached hydrogens (tertiary/aromatic N) is 2. The summed E-state index contributed by atoms with van der Waals surface area (Å²) in [4.78, 5) is 16.8. The van der Waals surface area contributed by atoms with Crippen molar-refractivity contribution in [2.75, 3.05) is 54.5 Å². The molecule has 150 valence electrons. The summed E-state index contributed by atoms with van der Waals surface area (Å²) in [6, 6.07) is 8.16. The number of phenols is 1. The van der Waals surface area contributed by atoms with Crippen LogP contribution in [0.5, 0.6) is 17.2 Å². The van der Waals surface area contributed by atoms with Gasteiger partial charge in [-0.2, -0.15) is 0 Å². The van der Waals surface area contributed by atoms with Gasteiger partial charge in [0.1, 0.15) is 47.0 Å². The lowest BCUT2D eigenvalue weighted by Gasteiger charge is -2.13. The minimum atomic E-state index is -0.284. The monoisotopic (exact) mass is 386 g/mol. The maximum absolute atomic E-state index is 12.8. The first-order chi connectivity index (χ1) is 13.3. The van der Waals surface area contributed by atoms with E-state index in [4.69, 9.17) is 13.9 Å². The molecule has 7 heteroatoms. The third-order valence-corrected chi connectivity index (χ3v) is 4.31. The van der Waals surface area contributed by atoms with E-state index < -0.39 is 0 Å². The molecule has 0 aliphatic rings. The second-order valence-electron chi connectivity index (χ2n) is 7.21. The molecule has 0 fully saturated rings.